The number of aromatic nitrogens is 2. The molecular formula is C19H16N2O2. The minimum atomic E-state index is 0.244. The van der Waals surface area contributed by atoms with Crippen LogP contribution in [0.4, 0.5) is 0 Å². The highest BCUT2D eigenvalue weighted by Gasteiger charge is 2.30. The van der Waals surface area contributed by atoms with Gasteiger partial charge in [-0.1, -0.05) is 24.3 Å². The van der Waals surface area contributed by atoms with Gasteiger partial charge in [0, 0.05) is 5.92 Å². The molecule has 0 aliphatic heterocycles. The monoisotopic (exact) mass is 304 g/mol. The Bertz CT molecular complexity index is 879. The summed E-state index contributed by atoms with van der Waals surface area (Å²) in [5.41, 5.74) is 4.56. The van der Waals surface area contributed by atoms with Crippen LogP contribution in [-0.2, 0) is 0 Å². The first kappa shape index (κ1) is 13.8. The minimum absolute atomic E-state index is 0.244. The third-order valence-corrected chi connectivity index (χ3v) is 4.20. The summed E-state index contributed by atoms with van der Waals surface area (Å²) in [5, 5.41) is 14.1. The lowest BCUT2D eigenvalue weighted by molar-refractivity contribution is 0.112. The van der Waals surface area contributed by atoms with Crippen molar-refractivity contribution in [1.82, 2.24) is 9.78 Å². The average Bonchev–Trinajstić information content (AvgIpc) is 3.33. The van der Waals surface area contributed by atoms with E-state index in [2.05, 4.69) is 5.10 Å². The lowest BCUT2D eigenvalue weighted by atomic mass is 10.0. The Morgan fingerprint density at radius 3 is 2.52 bits per heavy atom. The van der Waals surface area contributed by atoms with Crippen LogP contribution in [0.25, 0.3) is 16.8 Å². The van der Waals surface area contributed by atoms with Crippen LogP contribution in [0.1, 0.15) is 34.8 Å². The summed E-state index contributed by atoms with van der Waals surface area (Å²) in [4.78, 5) is 11.2. The number of phenols is 1. The number of benzene rings is 2. The second-order valence-electron chi connectivity index (χ2n) is 5.89. The van der Waals surface area contributed by atoms with Crippen molar-refractivity contribution in [2.24, 2.45) is 0 Å². The Hall–Kier alpha value is -2.88. The molecule has 3 aromatic rings. The number of hydrogen-bond acceptors (Lipinski definition) is 3. The predicted octanol–water partition coefficient (Wildman–Crippen LogP) is 3.93. The number of aldehydes is 1. The van der Waals surface area contributed by atoms with Gasteiger partial charge in [-0.15, -0.1) is 0 Å². The topological polar surface area (TPSA) is 55.1 Å². The van der Waals surface area contributed by atoms with Crippen LogP contribution in [-0.4, -0.2) is 21.2 Å². The van der Waals surface area contributed by atoms with Gasteiger partial charge in [0.05, 0.1) is 23.1 Å². The Morgan fingerprint density at radius 2 is 1.83 bits per heavy atom. The van der Waals surface area contributed by atoms with Crippen molar-refractivity contribution < 1.29 is 9.90 Å². The van der Waals surface area contributed by atoms with Gasteiger partial charge in [0.15, 0.2) is 6.29 Å². The van der Waals surface area contributed by atoms with Crippen molar-refractivity contribution in [3.05, 3.63) is 66.0 Å². The fourth-order valence-electron chi connectivity index (χ4n) is 2.94. The number of hydrogen-bond donors (Lipinski definition) is 1. The van der Waals surface area contributed by atoms with Crippen molar-refractivity contribution >= 4 is 6.29 Å². The molecule has 0 spiro atoms. The largest absolute Gasteiger partial charge is 0.508 e. The van der Waals surface area contributed by atoms with Gasteiger partial charge in [-0.3, -0.25) is 4.79 Å². The molecule has 0 amide bonds. The van der Waals surface area contributed by atoms with Gasteiger partial charge in [0.25, 0.3) is 0 Å². The SMILES string of the molecule is O=Cc1cnn(-c2cccc(-c3cccc(O)c3)c2)c1C1CC1. The molecule has 2 aromatic carbocycles. The fraction of sp³-hybridized carbons (Fsp3) is 0.158. The second-order valence-corrected chi connectivity index (χ2v) is 5.89. The Balaban J connectivity index is 1.80. The van der Waals surface area contributed by atoms with Crippen molar-refractivity contribution in [2.45, 2.75) is 18.8 Å². The molecule has 0 unspecified atom stereocenters. The maximum Gasteiger partial charge on any atom is 0.153 e. The van der Waals surface area contributed by atoms with E-state index >= 15 is 0 Å². The molecule has 1 aromatic heterocycles. The molecule has 0 atom stereocenters. The molecule has 1 fully saturated rings. The molecule has 4 nitrogen and oxygen atoms in total. The van der Waals surface area contributed by atoms with E-state index in [1.54, 1.807) is 18.3 Å². The lowest BCUT2D eigenvalue weighted by Gasteiger charge is -2.10. The molecule has 0 saturated heterocycles. The molecule has 1 N–H and O–H groups in total. The predicted molar refractivity (Wildman–Crippen MR) is 88.0 cm³/mol. The third kappa shape index (κ3) is 2.52. The Labute approximate surface area is 134 Å². The van der Waals surface area contributed by atoms with Crippen LogP contribution in [0.3, 0.4) is 0 Å². The van der Waals surface area contributed by atoms with Gasteiger partial charge in [-0.25, -0.2) is 4.68 Å². The quantitative estimate of drug-likeness (QED) is 0.743. The zero-order chi connectivity index (χ0) is 15.8. The van der Waals surface area contributed by atoms with E-state index in [0.29, 0.717) is 11.5 Å². The molecule has 1 aliphatic rings. The van der Waals surface area contributed by atoms with Gasteiger partial charge < -0.3 is 5.11 Å². The summed E-state index contributed by atoms with van der Waals surface area (Å²) in [6.07, 6.45) is 4.75. The molecule has 1 heterocycles. The number of aromatic hydroxyl groups is 1. The van der Waals surface area contributed by atoms with Crippen LogP contribution in [0.15, 0.2) is 54.7 Å². The first-order valence-electron chi connectivity index (χ1n) is 7.69. The molecule has 0 radical (unpaired) electrons. The normalized spacial score (nSPS) is 13.9. The van der Waals surface area contributed by atoms with Crippen LogP contribution < -0.4 is 0 Å². The maximum absolute atomic E-state index is 11.2. The minimum Gasteiger partial charge on any atom is -0.508 e. The molecule has 4 rings (SSSR count). The van der Waals surface area contributed by atoms with Gasteiger partial charge in [0.2, 0.25) is 0 Å². The van der Waals surface area contributed by atoms with E-state index in [4.69, 9.17) is 0 Å². The van der Waals surface area contributed by atoms with Gasteiger partial charge in [-0.2, -0.15) is 5.10 Å². The molecular weight excluding hydrogens is 288 g/mol. The average molecular weight is 304 g/mol. The fourth-order valence-corrected chi connectivity index (χ4v) is 2.94. The molecule has 23 heavy (non-hydrogen) atoms. The first-order valence-corrected chi connectivity index (χ1v) is 7.69. The smallest absolute Gasteiger partial charge is 0.153 e. The summed E-state index contributed by atoms with van der Waals surface area (Å²) in [6.45, 7) is 0. The standard InChI is InChI=1S/C19H16N2O2/c22-12-16-11-20-21(19(16)13-7-8-13)17-5-1-3-14(9-17)15-4-2-6-18(23)10-15/h1-6,9-13,23H,7-8H2. The molecule has 1 aliphatic carbocycles. The highest BCUT2D eigenvalue weighted by atomic mass is 16.3. The second kappa shape index (κ2) is 5.39. The summed E-state index contributed by atoms with van der Waals surface area (Å²) < 4.78 is 1.87. The van der Waals surface area contributed by atoms with Crippen molar-refractivity contribution in [3.63, 3.8) is 0 Å². The van der Waals surface area contributed by atoms with Crippen molar-refractivity contribution in [2.75, 3.05) is 0 Å². The van der Waals surface area contributed by atoms with E-state index in [0.717, 1.165) is 41.6 Å². The number of carbonyl (C=O) groups excluding carboxylic acids is 1. The van der Waals surface area contributed by atoms with E-state index in [1.807, 2.05) is 41.1 Å². The van der Waals surface area contributed by atoms with Gasteiger partial charge in [0.1, 0.15) is 5.75 Å². The third-order valence-electron chi connectivity index (χ3n) is 4.20. The van der Waals surface area contributed by atoms with E-state index in [1.165, 1.54) is 0 Å². The highest BCUT2D eigenvalue weighted by molar-refractivity contribution is 5.77. The van der Waals surface area contributed by atoms with Gasteiger partial charge in [-0.05, 0) is 48.2 Å². The van der Waals surface area contributed by atoms with Crippen molar-refractivity contribution in [1.29, 1.82) is 0 Å². The zero-order valence-electron chi connectivity index (χ0n) is 12.5. The maximum atomic E-state index is 11.2. The highest BCUT2D eigenvalue weighted by Crippen LogP contribution is 2.42. The first-order chi connectivity index (χ1) is 11.3. The number of carbonyl (C=O) groups is 1. The molecule has 0 bridgehead atoms. The van der Waals surface area contributed by atoms with E-state index in [9.17, 15) is 9.90 Å². The summed E-state index contributed by atoms with van der Waals surface area (Å²) in [5.74, 6) is 0.677. The summed E-state index contributed by atoms with van der Waals surface area (Å²) >= 11 is 0. The zero-order valence-corrected chi connectivity index (χ0v) is 12.5. The number of phenolic OH excluding ortho intramolecular Hbond substituents is 1. The number of nitrogens with zero attached hydrogens (tertiary/aromatic N) is 2. The Kier molecular flexibility index (Phi) is 3.23. The van der Waals surface area contributed by atoms with Crippen LogP contribution >= 0.6 is 0 Å². The van der Waals surface area contributed by atoms with Crippen molar-refractivity contribution in [3.8, 4) is 22.6 Å². The van der Waals surface area contributed by atoms with Gasteiger partial charge >= 0.3 is 0 Å². The molecule has 114 valence electrons. The summed E-state index contributed by atoms with van der Waals surface area (Å²) in [7, 11) is 0. The molecule has 1 saturated carbocycles. The van der Waals surface area contributed by atoms with E-state index in [-0.39, 0.29) is 5.75 Å². The number of rotatable bonds is 4. The summed E-state index contributed by atoms with van der Waals surface area (Å²) in [6, 6.07) is 15.2. The van der Waals surface area contributed by atoms with Crippen LogP contribution in [0, 0.1) is 0 Å². The Morgan fingerprint density at radius 1 is 1.09 bits per heavy atom. The lowest BCUT2D eigenvalue weighted by Crippen LogP contribution is -2.02. The van der Waals surface area contributed by atoms with E-state index < -0.39 is 0 Å². The van der Waals surface area contributed by atoms with Crippen LogP contribution in [0.5, 0.6) is 5.75 Å². The molecule has 4 heteroatoms. The van der Waals surface area contributed by atoms with Crippen LogP contribution in [0.2, 0.25) is 0 Å².